The molecule has 0 saturated carbocycles. The lowest BCUT2D eigenvalue weighted by Crippen LogP contribution is -2.21. The van der Waals surface area contributed by atoms with Gasteiger partial charge in [0.2, 0.25) is 5.91 Å². The van der Waals surface area contributed by atoms with Crippen molar-refractivity contribution in [3.05, 3.63) is 42.0 Å². The van der Waals surface area contributed by atoms with Gasteiger partial charge in [-0.2, -0.15) is 0 Å². The molecule has 1 heterocycles. The molecular formula is C20H20N2O6S. The van der Waals surface area contributed by atoms with Crippen LogP contribution in [-0.4, -0.2) is 44.4 Å². The van der Waals surface area contributed by atoms with Crippen LogP contribution in [0, 0.1) is 0 Å². The van der Waals surface area contributed by atoms with E-state index >= 15 is 0 Å². The number of hydrogen-bond acceptors (Lipinski definition) is 7. The van der Waals surface area contributed by atoms with E-state index in [-0.39, 0.29) is 11.5 Å². The van der Waals surface area contributed by atoms with Crippen molar-refractivity contribution in [2.75, 3.05) is 37.2 Å². The van der Waals surface area contributed by atoms with Crippen LogP contribution in [0.5, 0.6) is 11.5 Å². The number of hydrogen-bond donors (Lipinski definition) is 2. The highest BCUT2D eigenvalue weighted by Gasteiger charge is 2.17. The van der Waals surface area contributed by atoms with Gasteiger partial charge in [0.05, 0.1) is 25.5 Å². The van der Waals surface area contributed by atoms with E-state index in [9.17, 15) is 14.4 Å². The van der Waals surface area contributed by atoms with Crippen molar-refractivity contribution >= 4 is 40.9 Å². The van der Waals surface area contributed by atoms with Crippen LogP contribution < -0.4 is 20.1 Å². The fourth-order valence-corrected chi connectivity index (χ4v) is 3.61. The van der Waals surface area contributed by atoms with E-state index in [1.165, 1.54) is 14.2 Å². The fourth-order valence-electron chi connectivity index (χ4n) is 2.67. The van der Waals surface area contributed by atoms with E-state index in [2.05, 4.69) is 10.6 Å². The maximum absolute atomic E-state index is 12.3. The number of amides is 2. The summed E-state index contributed by atoms with van der Waals surface area (Å²) in [5, 5.41) is 5.39. The standard InChI is InChI=1S/C20H20N2O6S/c1-26-15-5-4-13(10-16(15)27-2)21-19(24)11-28-20(25)12-3-6-17-14(9-12)22-18(23)7-8-29-17/h3-6,9-10H,7-8,11H2,1-2H3,(H,21,24)(H,22,23). The average Bonchev–Trinajstić information content (AvgIpc) is 2.91. The molecule has 0 radical (unpaired) electrons. The molecule has 2 aromatic rings. The molecule has 1 aliphatic rings. The summed E-state index contributed by atoms with van der Waals surface area (Å²) in [5.74, 6) is 0.426. The van der Waals surface area contributed by atoms with E-state index < -0.39 is 18.5 Å². The van der Waals surface area contributed by atoms with Gasteiger partial charge in [-0.25, -0.2) is 4.79 Å². The molecule has 0 unspecified atom stereocenters. The van der Waals surface area contributed by atoms with Crippen LogP contribution in [-0.2, 0) is 14.3 Å². The first-order chi connectivity index (χ1) is 14.0. The van der Waals surface area contributed by atoms with Crippen LogP contribution in [0.25, 0.3) is 0 Å². The maximum atomic E-state index is 12.3. The highest BCUT2D eigenvalue weighted by atomic mass is 32.2. The summed E-state index contributed by atoms with van der Waals surface area (Å²) in [6.07, 6.45) is 0.412. The molecule has 0 fully saturated rings. The second-order valence-electron chi connectivity index (χ2n) is 6.05. The van der Waals surface area contributed by atoms with E-state index in [4.69, 9.17) is 14.2 Å². The first-order valence-electron chi connectivity index (χ1n) is 8.76. The molecule has 2 N–H and O–H groups in total. The Morgan fingerprint density at radius 2 is 1.90 bits per heavy atom. The third-order valence-electron chi connectivity index (χ3n) is 4.08. The normalized spacial score (nSPS) is 12.8. The number of thioether (sulfide) groups is 1. The second kappa shape index (κ2) is 9.33. The van der Waals surface area contributed by atoms with Crippen molar-refractivity contribution in [1.82, 2.24) is 0 Å². The Bertz CT molecular complexity index is 947. The van der Waals surface area contributed by atoms with Crippen molar-refractivity contribution in [3.63, 3.8) is 0 Å². The highest BCUT2D eigenvalue weighted by molar-refractivity contribution is 7.99. The van der Waals surface area contributed by atoms with Gasteiger partial charge in [-0.15, -0.1) is 11.8 Å². The van der Waals surface area contributed by atoms with Gasteiger partial charge in [-0.1, -0.05) is 0 Å². The first kappa shape index (κ1) is 20.5. The van der Waals surface area contributed by atoms with Gasteiger partial charge in [0.1, 0.15) is 0 Å². The molecule has 0 aliphatic carbocycles. The molecular weight excluding hydrogens is 396 g/mol. The quantitative estimate of drug-likeness (QED) is 0.698. The van der Waals surface area contributed by atoms with Crippen molar-refractivity contribution in [3.8, 4) is 11.5 Å². The summed E-state index contributed by atoms with van der Waals surface area (Å²) >= 11 is 1.54. The second-order valence-corrected chi connectivity index (χ2v) is 7.19. The van der Waals surface area contributed by atoms with Crippen molar-refractivity contribution in [2.45, 2.75) is 11.3 Å². The van der Waals surface area contributed by atoms with Gasteiger partial charge in [-0.3, -0.25) is 9.59 Å². The lowest BCUT2D eigenvalue weighted by Gasteiger charge is -2.11. The summed E-state index contributed by atoms with van der Waals surface area (Å²) in [7, 11) is 3.01. The Labute approximate surface area is 171 Å². The van der Waals surface area contributed by atoms with Crippen LogP contribution >= 0.6 is 11.8 Å². The van der Waals surface area contributed by atoms with Gasteiger partial charge in [0.25, 0.3) is 5.91 Å². The van der Waals surface area contributed by atoms with Crippen molar-refractivity contribution in [1.29, 1.82) is 0 Å². The number of nitrogens with one attached hydrogen (secondary N) is 2. The van der Waals surface area contributed by atoms with Crippen molar-refractivity contribution < 1.29 is 28.6 Å². The molecule has 3 rings (SSSR count). The Morgan fingerprint density at radius 3 is 2.66 bits per heavy atom. The largest absolute Gasteiger partial charge is 0.493 e. The molecule has 29 heavy (non-hydrogen) atoms. The minimum absolute atomic E-state index is 0.101. The predicted molar refractivity (Wildman–Crippen MR) is 109 cm³/mol. The molecule has 9 heteroatoms. The third-order valence-corrected chi connectivity index (χ3v) is 5.15. The molecule has 152 valence electrons. The summed E-state index contributed by atoms with van der Waals surface area (Å²) in [4.78, 5) is 37.0. The topological polar surface area (TPSA) is 103 Å². The van der Waals surface area contributed by atoms with Crippen LogP contribution in [0.15, 0.2) is 41.3 Å². The lowest BCUT2D eigenvalue weighted by atomic mass is 10.2. The SMILES string of the molecule is COc1ccc(NC(=O)COC(=O)c2ccc3c(c2)NC(=O)CCS3)cc1OC. The molecule has 0 saturated heterocycles. The maximum Gasteiger partial charge on any atom is 0.338 e. The van der Waals surface area contributed by atoms with E-state index in [0.29, 0.717) is 35.0 Å². The zero-order valence-electron chi connectivity index (χ0n) is 15.9. The van der Waals surface area contributed by atoms with E-state index in [1.807, 2.05) is 0 Å². The third kappa shape index (κ3) is 5.20. The Balaban J connectivity index is 1.59. The zero-order chi connectivity index (χ0) is 20.8. The van der Waals surface area contributed by atoms with Gasteiger partial charge in [-0.05, 0) is 30.3 Å². The van der Waals surface area contributed by atoms with Crippen LogP contribution in [0.1, 0.15) is 16.8 Å². The number of ether oxygens (including phenoxy) is 3. The number of esters is 1. The predicted octanol–water partition coefficient (Wildman–Crippen LogP) is 2.93. The molecule has 0 spiro atoms. The molecule has 2 aromatic carbocycles. The number of methoxy groups -OCH3 is 2. The average molecular weight is 416 g/mol. The first-order valence-corrected chi connectivity index (χ1v) is 9.74. The summed E-state index contributed by atoms with van der Waals surface area (Å²) in [6, 6.07) is 9.83. The van der Waals surface area contributed by atoms with Gasteiger partial charge in [0.15, 0.2) is 18.1 Å². The van der Waals surface area contributed by atoms with Crippen LogP contribution in [0.4, 0.5) is 11.4 Å². The molecule has 8 nitrogen and oxygen atoms in total. The van der Waals surface area contributed by atoms with E-state index in [1.54, 1.807) is 48.2 Å². The summed E-state index contributed by atoms with van der Waals surface area (Å²) < 4.78 is 15.4. The number of anilines is 2. The molecule has 0 bridgehead atoms. The molecule has 1 aliphatic heterocycles. The van der Waals surface area contributed by atoms with Gasteiger partial charge in [0, 0.05) is 28.8 Å². The highest BCUT2D eigenvalue weighted by Crippen LogP contribution is 2.32. The van der Waals surface area contributed by atoms with Gasteiger partial charge < -0.3 is 24.8 Å². The van der Waals surface area contributed by atoms with Crippen LogP contribution in [0.3, 0.4) is 0 Å². The number of carbonyl (C=O) groups is 3. The lowest BCUT2D eigenvalue weighted by molar-refractivity contribution is -0.119. The number of carbonyl (C=O) groups excluding carboxylic acids is 3. The zero-order valence-corrected chi connectivity index (χ0v) is 16.8. The summed E-state index contributed by atoms with van der Waals surface area (Å²) in [6.45, 7) is -0.453. The molecule has 0 atom stereocenters. The van der Waals surface area contributed by atoms with Crippen LogP contribution in [0.2, 0.25) is 0 Å². The Morgan fingerprint density at radius 1 is 1.10 bits per heavy atom. The minimum Gasteiger partial charge on any atom is -0.493 e. The Kier molecular flexibility index (Phi) is 6.61. The summed E-state index contributed by atoms with van der Waals surface area (Å²) in [5.41, 5.74) is 1.31. The number of fused-ring (bicyclic) bond motifs is 1. The Hall–Kier alpha value is -3.20. The van der Waals surface area contributed by atoms with Crippen molar-refractivity contribution in [2.24, 2.45) is 0 Å². The number of benzene rings is 2. The molecule has 0 aromatic heterocycles. The fraction of sp³-hybridized carbons (Fsp3) is 0.250. The smallest absolute Gasteiger partial charge is 0.338 e. The van der Waals surface area contributed by atoms with E-state index in [0.717, 1.165) is 4.90 Å². The molecule has 2 amide bonds. The number of rotatable bonds is 6. The van der Waals surface area contributed by atoms with Gasteiger partial charge >= 0.3 is 5.97 Å². The monoisotopic (exact) mass is 416 g/mol. The minimum atomic E-state index is -0.654.